The highest BCUT2D eigenvalue weighted by Gasteiger charge is 2.38. The van der Waals surface area contributed by atoms with Gasteiger partial charge >= 0.3 is 6.18 Å². The van der Waals surface area contributed by atoms with Gasteiger partial charge in [0.05, 0.1) is 5.56 Å². The number of hydrogen-bond acceptors (Lipinski definition) is 5. The second-order valence-corrected chi connectivity index (χ2v) is 5.83. The molecule has 9 heteroatoms. The van der Waals surface area contributed by atoms with Crippen LogP contribution < -0.4 is 14.8 Å². The molecule has 25 heavy (non-hydrogen) atoms. The lowest BCUT2D eigenvalue weighted by Gasteiger charge is -2.28. The number of rotatable bonds is 6. The number of nitrogens with one attached hydrogen (secondary N) is 1. The van der Waals surface area contributed by atoms with Gasteiger partial charge in [-0.1, -0.05) is 11.6 Å². The number of furan rings is 1. The Morgan fingerprint density at radius 3 is 2.60 bits per heavy atom. The summed E-state index contributed by atoms with van der Waals surface area (Å²) in [4.78, 5) is 10.8. The highest BCUT2D eigenvalue weighted by atomic mass is 35.5. The van der Waals surface area contributed by atoms with E-state index in [1.807, 2.05) is 0 Å². The molecular formula is C16H13ClF3NO4. The summed E-state index contributed by atoms with van der Waals surface area (Å²) in [5.41, 5.74) is -0.570. The maximum atomic E-state index is 12.8. The van der Waals surface area contributed by atoms with Gasteiger partial charge in [0.2, 0.25) is 5.76 Å². The van der Waals surface area contributed by atoms with Gasteiger partial charge in [-0.3, -0.25) is 4.79 Å². The monoisotopic (exact) mass is 375 g/mol. The molecule has 0 bridgehead atoms. The van der Waals surface area contributed by atoms with Crippen LogP contribution in [0.4, 0.5) is 13.2 Å². The summed E-state index contributed by atoms with van der Waals surface area (Å²) in [5.74, 6) is -0.763. The molecule has 2 heterocycles. The zero-order valence-corrected chi connectivity index (χ0v) is 13.5. The first-order valence-electron chi connectivity index (χ1n) is 7.31. The molecule has 134 valence electrons. The van der Waals surface area contributed by atoms with Gasteiger partial charge in [-0.25, -0.2) is 0 Å². The summed E-state index contributed by atoms with van der Waals surface area (Å²) < 4.78 is 54.2. The third kappa shape index (κ3) is 4.08. The van der Waals surface area contributed by atoms with E-state index >= 15 is 0 Å². The number of aldehydes is 1. The minimum absolute atomic E-state index is 0.0251. The van der Waals surface area contributed by atoms with Crippen LogP contribution in [0.1, 0.15) is 21.9 Å². The lowest BCUT2D eigenvalue weighted by molar-refractivity contribution is -0.153. The molecule has 3 rings (SSSR count). The Bertz CT molecular complexity index is 771. The first-order chi connectivity index (χ1) is 11.9. The van der Waals surface area contributed by atoms with Crippen molar-refractivity contribution in [1.82, 2.24) is 5.32 Å². The lowest BCUT2D eigenvalue weighted by Crippen LogP contribution is -2.50. The number of carbonyl (C=O) groups excluding carboxylic acids is 1. The van der Waals surface area contributed by atoms with Crippen molar-refractivity contribution in [2.24, 2.45) is 0 Å². The summed E-state index contributed by atoms with van der Waals surface area (Å²) in [6, 6.07) is 5.69. The quantitative estimate of drug-likeness (QED) is 0.780. The molecule has 1 fully saturated rings. The fraction of sp³-hybridized carbons (Fsp3) is 0.312. The number of carbonyl (C=O) groups is 1. The third-order valence-corrected chi connectivity index (χ3v) is 3.74. The topological polar surface area (TPSA) is 60.7 Å². The third-order valence-electron chi connectivity index (χ3n) is 3.51. The molecule has 5 nitrogen and oxygen atoms in total. The Morgan fingerprint density at radius 2 is 2.04 bits per heavy atom. The second-order valence-electron chi connectivity index (χ2n) is 5.39. The molecule has 0 radical (unpaired) electrons. The Morgan fingerprint density at radius 1 is 1.28 bits per heavy atom. The summed E-state index contributed by atoms with van der Waals surface area (Å²) in [6.07, 6.45) is -4.68. The predicted octanol–water partition coefficient (Wildman–Crippen LogP) is 3.69. The van der Waals surface area contributed by atoms with E-state index in [9.17, 15) is 18.0 Å². The Balaban J connectivity index is 1.75. The van der Waals surface area contributed by atoms with Crippen LogP contribution in [0.25, 0.3) is 0 Å². The average molecular weight is 376 g/mol. The first-order valence-corrected chi connectivity index (χ1v) is 7.69. The van der Waals surface area contributed by atoms with Gasteiger partial charge in [-0.15, -0.1) is 0 Å². The smallest absolute Gasteiger partial charge is 0.450 e. The van der Waals surface area contributed by atoms with Crippen LogP contribution in [0.15, 0.2) is 28.7 Å². The zero-order valence-electron chi connectivity index (χ0n) is 12.7. The van der Waals surface area contributed by atoms with Gasteiger partial charge in [0.15, 0.2) is 17.8 Å². The minimum atomic E-state index is -4.75. The van der Waals surface area contributed by atoms with Crippen LogP contribution in [-0.4, -0.2) is 25.5 Å². The summed E-state index contributed by atoms with van der Waals surface area (Å²) in [6.45, 7) is 1.07. The van der Waals surface area contributed by atoms with Crippen molar-refractivity contribution in [2.45, 2.75) is 18.9 Å². The highest BCUT2D eigenvalue weighted by molar-refractivity contribution is 6.30. The molecule has 0 unspecified atom stereocenters. The fourth-order valence-electron chi connectivity index (χ4n) is 2.21. The van der Waals surface area contributed by atoms with Gasteiger partial charge in [-0.2, -0.15) is 13.2 Å². The standard InChI is InChI=1S/C16H13ClF3NO4/c17-10-1-2-13(14(4-10)24-12-5-21-6-12)23-8-11-3-9(7-22)15(25-11)16(18,19)20/h1-4,7,12,21H,5-6,8H2. The van der Waals surface area contributed by atoms with Crippen LogP contribution in [0.2, 0.25) is 5.02 Å². The second kappa shape index (κ2) is 6.97. The Hall–Kier alpha value is -2.19. The molecule has 0 aliphatic carbocycles. The lowest BCUT2D eigenvalue weighted by atomic mass is 10.2. The van der Waals surface area contributed by atoms with Gasteiger partial charge in [0.25, 0.3) is 0 Å². The van der Waals surface area contributed by atoms with Crippen molar-refractivity contribution < 1.29 is 31.9 Å². The van der Waals surface area contributed by atoms with Crippen LogP contribution in [0.5, 0.6) is 11.5 Å². The van der Waals surface area contributed by atoms with Crippen molar-refractivity contribution in [2.75, 3.05) is 13.1 Å². The van der Waals surface area contributed by atoms with Crippen molar-refractivity contribution in [3.63, 3.8) is 0 Å². The van der Waals surface area contributed by atoms with E-state index in [0.29, 0.717) is 29.6 Å². The zero-order chi connectivity index (χ0) is 18.0. The van der Waals surface area contributed by atoms with Gasteiger partial charge in [-0.05, 0) is 18.2 Å². The molecule has 1 saturated heterocycles. The summed E-state index contributed by atoms with van der Waals surface area (Å²) in [7, 11) is 0. The SMILES string of the molecule is O=Cc1cc(COc2ccc(Cl)cc2OC2CNC2)oc1C(F)(F)F. The maximum absolute atomic E-state index is 12.8. The molecule has 0 spiro atoms. The van der Waals surface area contributed by atoms with Crippen molar-refractivity contribution in [1.29, 1.82) is 0 Å². The van der Waals surface area contributed by atoms with Gasteiger partial charge in [0, 0.05) is 24.2 Å². The van der Waals surface area contributed by atoms with Gasteiger partial charge in [0.1, 0.15) is 18.5 Å². The molecule has 1 aliphatic rings. The molecule has 1 aromatic carbocycles. The molecule has 1 aromatic heterocycles. The number of benzene rings is 1. The molecule has 1 aliphatic heterocycles. The summed E-state index contributed by atoms with van der Waals surface area (Å²) in [5, 5.41) is 3.49. The van der Waals surface area contributed by atoms with Crippen LogP contribution in [-0.2, 0) is 12.8 Å². The Kier molecular flexibility index (Phi) is 4.91. The van der Waals surface area contributed by atoms with Crippen molar-refractivity contribution in [3.05, 3.63) is 46.4 Å². The Labute approximate surface area is 145 Å². The normalized spacial score (nSPS) is 14.9. The van der Waals surface area contributed by atoms with Crippen molar-refractivity contribution >= 4 is 17.9 Å². The maximum Gasteiger partial charge on any atom is 0.450 e. The average Bonchev–Trinajstić information content (AvgIpc) is 2.93. The largest absolute Gasteiger partial charge is 0.484 e. The molecule has 1 N–H and O–H groups in total. The number of alkyl halides is 3. The minimum Gasteiger partial charge on any atom is -0.484 e. The molecule has 0 amide bonds. The van der Waals surface area contributed by atoms with Crippen LogP contribution in [0, 0.1) is 0 Å². The van der Waals surface area contributed by atoms with Gasteiger partial charge < -0.3 is 19.2 Å². The molecular weight excluding hydrogens is 363 g/mol. The van der Waals surface area contributed by atoms with Crippen molar-refractivity contribution in [3.8, 4) is 11.5 Å². The van der Waals surface area contributed by atoms with E-state index in [2.05, 4.69) is 5.32 Å². The van der Waals surface area contributed by atoms with E-state index in [4.69, 9.17) is 25.5 Å². The van der Waals surface area contributed by atoms with E-state index in [1.165, 1.54) is 0 Å². The number of ether oxygens (including phenoxy) is 2. The van der Waals surface area contributed by atoms with E-state index in [0.717, 1.165) is 6.07 Å². The fourth-order valence-corrected chi connectivity index (χ4v) is 2.37. The highest BCUT2D eigenvalue weighted by Crippen LogP contribution is 2.35. The van der Waals surface area contributed by atoms with E-state index < -0.39 is 17.5 Å². The predicted molar refractivity (Wildman–Crippen MR) is 82.2 cm³/mol. The molecule has 2 aromatic rings. The summed E-state index contributed by atoms with van der Waals surface area (Å²) >= 11 is 5.94. The van der Waals surface area contributed by atoms with Crippen LogP contribution >= 0.6 is 11.6 Å². The van der Waals surface area contributed by atoms with E-state index in [1.54, 1.807) is 18.2 Å². The molecule has 0 saturated carbocycles. The van der Waals surface area contributed by atoms with E-state index in [-0.39, 0.29) is 24.8 Å². The number of hydrogen-bond donors (Lipinski definition) is 1. The molecule has 0 atom stereocenters. The number of halogens is 4. The van der Waals surface area contributed by atoms with Crippen LogP contribution in [0.3, 0.4) is 0 Å². The first kappa shape index (κ1) is 17.6.